The number of halogens is 4. The molecule has 2 aromatic carbocycles. The lowest BCUT2D eigenvalue weighted by molar-refractivity contribution is -0.274. The Hall–Kier alpha value is -2.51. The summed E-state index contributed by atoms with van der Waals surface area (Å²) in [5, 5.41) is 9.06. The van der Waals surface area contributed by atoms with Crippen molar-refractivity contribution in [1.82, 2.24) is 14.7 Å². The van der Waals surface area contributed by atoms with Gasteiger partial charge in [0.25, 0.3) is 5.91 Å². The van der Waals surface area contributed by atoms with Crippen molar-refractivity contribution < 1.29 is 32.6 Å². The number of amides is 3. The Kier molecular flexibility index (Phi) is 7.45. The Morgan fingerprint density at radius 2 is 1.89 bits per heavy atom. The van der Waals surface area contributed by atoms with Gasteiger partial charge in [0.2, 0.25) is 0 Å². The van der Waals surface area contributed by atoms with Crippen molar-refractivity contribution >= 4 is 35.3 Å². The molecule has 2 aliphatic rings. The zero-order valence-corrected chi connectivity index (χ0v) is 20.7. The Morgan fingerprint density at radius 1 is 1.19 bits per heavy atom. The lowest BCUT2D eigenvalue weighted by Gasteiger charge is -2.66. The number of carbonyl (C=O) groups excluding carboxylic acids is 2. The van der Waals surface area contributed by atoms with Gasteiger partial charge >= 0.3 is 12.4 Å². The van der Waals surface area contributed by atoms with Crippen LogP contribution in [0.15, 0.2) is 53.4 Å². The second-order valence-corrected chi connectivity index (χ2v) is 10.1. The number of urea groups is 1. The van der Waals surface area contributed by atoms with E-state index in [1.807, 2.05) is 4.90 Å². The molecule has 0 bridgehead atoms. The molecule has 0 radical (unpaired) electrons. The van der Waals surface area contributed by atoms with Crippen LogP contribution in [0, 0.1) is 0 Å². The third-order valence-electron chi connectivity index (χ3n) is 6.17. The van der Waals surface area contributed by atoms with Crippen LogP contribution >= 0.6 is 23.4 Å². The van der Waals surface area contributed by atoms with E-state index in [2.05, 4.69) is 4.74 Å². The van der Waals surface area contributed by atoms with Gasteiger partial charge in [0.05, 0.1) is 0 Å². The van der Waals surface area contributed by atoms with Crippen LogP contribution in [0.1, 0.15) is 12.0 Å². The summed E-state index contributed by atoms with van der Waals surface area (Å²) >= 11 is 7.13. The number of likely N-dealkylation sites (tertiary alicyclic amines) is 1. The molecule has 13 heteroatoms. The molecular weight excluding hydrogens is 521 g/mol. The first-order chi connectivity index (χ1) is 17.0. The molecule has 2 unspecified atom stereocenters. The molecule has 0 aromatic heterocycles. The molecule has 2 saturated heterocycles. The number of nitrogens with zero attached hydrogens (tertiary/aromatic N) is 3. The maximum Gasteiger partial charge on any atom is 0.573 e. The first-order valence-corrected chi connectivity index (χ1v) is 12.2. The molecule has 3 N–H and O–H groups in total. The third-order valence-corrected chi connectivity index (χ3v) is 7.82. The molecule has 2 aromatic rings. The maximum absolute atomic E-state index is 13.4. The molecule has 2 heterocycles. The standard InChI is InChI=1S/C23H24ClF3N4O4S/c1-29-21(34)30(10-3-11-32)19(33)18-22(29,28)20(31(18)13-14-6-8-15(24)9-7-14)36-17-5-2-4-16(12-17)35-23(25,26)27/h2,4-9,12,18,20,32H,3,10-11,13,28H2,1H3/t18?,20-,22?/m1/s1. The summed E-state index contributed by atoms with van der Waals surface area (Å²) in [7, 11) is 1.49. The van der Waals surface area contributed by atoms with E-state index in [9.17, 15) is 27.9 Å². The normalized spacial score (nSPS) is 24.5. The summed E-state index contributed by atoms with van der Waals surface area (Å²) in [6, 6.07) is 10.9. The zero-order valence-electron chi connectivity index (χ0n) is 19.1. The van der Waals surface area contributed by atoms with E-state index in [1.165, 1.54) is 30.1 Å². The number of benzene rings is 2. The highest BCUT2D eigenvalue weighted by atomic mass is 35.5. The van der Waals surface area contributed by atoms with E-state index in [4.69, 9.17) is 17.3 Å². The molecule has 194 valence electrons. The van der Waals surface area contributed by atoms with Crippen LogP contribution < -0.4 is 10.5 Å². The fourth-order valence-electron chi connectivity index (χ4n) is 4.44. The van der Waals surface area contributed by atoms with Crippen LogP contribution in [0.4, 0.5) is 18.0 Å². The van der Waals surface area contributed by atoms with Gasteiger partial charge < -0.3 is 20.5 Å². The highest BCUT2D eigenvalue weighted by Crippen LogP contribution is 2.49. The summed E-state index contributed by atoms with van der Waals surface area (Å²) in [5.74, 6) is -0.882. The smallest absolute Gasteiger partial charge is 0.406 e. The third kappa shape index (κ3) is 5.00. The van der Waals surface area contributed by atoms with Crippen molar-refractivity contribution in [3.63, 3.8) is 0 Å². The van der Waals surface area contributed by atoms with Crippen molar-refractivity contribution in [3.05, 3.63) is 59.1 Å². The summed E-state index contributed by atoms with van der Waals surface area (Å²) in [6.07, 6.45) is -4.63. The van der Waals surface area contributed by atoms with E-state index >= 15 is 0 Å². The average molecular weight is 545 g/mol. The van der Waals surface area contributed by atoms with Gasteiger partial charge in [-0.1, -0.05) is 29.8 Å². The van der Waals surface area contributed by atoms with Crippen LogP contribution in [-0.2, 0) is 11.3 Å². The molecule has 0 spiro atoms. The summed E-state index contributed by atoms with van der Waals surface area (Å²) < 4.78 is 42.2. The number of alkyl halides is 3. The number of fused-ring (bicyclic) bond motifs is 1. The first-order valence-electron chi connectivity index (χ1n) is 11.0. The number of thioether (sulfide) groups is 1. The molecule has 4 rings (SSSR count). The number of hydrogen-bond acceptors (Lipinski definition) is 7. The number of ether oxygens (including phenoxy) is 1. The van der Waals surface area contributed by atoms with Gasteiger partial charge in [-0.25, -0.2) is 4.79 Å². The lowest BCUT2D eigenvalue weighted by atomic mass is 9.83. The van der Waals surface area contributed by atoms with E-state index in [-0.39, 0.29) is 26.1 Å². The minimum atomic E-state index is -4.85. The highest BCUT2D eigenvalue weighted by molar-refractivity contribution is 8.00. The van der Waals surface area contributed by atoms with Gasteiger partial charge in [-0.2, -0.15) is 0 Å². The van der Waals surface area contributed by atoms with E-state index < -0.39 is 41.1 Å². The fraction of sp³-hybridized carbons (Fsp3) is 0.391. The number of rotatable bonds is 8. The number of aliphatic hydroxyl groups excluding tert-OH is 1. The second kappa shape index (κ2) is 10.1. The van der Waals surface area contributed by atoms with Gasteiger partial charge in [0.1, 0.15) is 22.8 Å². The molecular formula is C23H24ClF3N4O4S. The predicted molar refractivity (Wildman–Crippen MR) is 127 cm³/mol. The van der Waals surface area contributed by atoms with Crippen LogP contribution in [-0.4, -0.2) is 75.4 Å². The van der Waals surface area contributed by atoms with Gasteiger partial charge in [-0.05, 0) is 42.3 Å². The van der Waals surface area contributed by atoms with Crippen molar-refractivity contribution in [1.29, 1.82) is 0 Å². The fourth-order valence-corrected chi connectivity index (χ4v) is 5.97. The predicted octanol–water partition coefficient (Wildman–Crippen LogP) is 3.47. The number of nitrogens with two attached hydrogens (primary N) is 1. The summed E-state index contributed by atoms with van der Waals surface area (Å²) in [6.45, 7) is 0.121. The van der Waals surface area contributed by atoms with Crippen molar-refractivity contribution in [2.45, 2.75) is 41.3 Å². The van der Waals surface area contributed by atoms with Gasteiger partial charge in [-0.15, -0.1) is 24.9 Å². The quantitative estimate of drug-likeness (QED) is 0.525. The van der Waals surface area contributed by atoms with Gasteiger partial charge in [-0.3, -0.25) is 14.6 Å². The van der Waals surface area contributed by atoms with Crippen LogP contribution in [0.3, 0.4) is 0 Å². The highest BCUT2D eigenvalue weighted by Gasteiger charge is 2.69. The van der Waals surface area contributed by atoms with E-state index in [0.717, 1.165) is 22.2 Å². The molecule has 8 nitrogen and oxygen atoms in total. The number of carbonyl (C=O) groups is 2. The number of aliphatic hydroxyl groups is 1. The Bertz CT molecular complexity index is 1140. The molecule has 2 fully saturated rings. The van der Waals surface area contributed by atoms with Gasteiger partial charge in [0, 0.05) is 36.7 Å². The van der Waals surface area contributed by atoms with Crippen molar-refractivity contribution in [2.75, 3.05) is 20.2 Å². The Balaban J connectivity index is 1.67. The lowest BCUT2D eigenvalue weighted by Crippen LogP contribution is -2.91. The molecule has 0 saturated carbocycles. The number of hydrogen-bond donors (Lipinski definition) is 2. The number of imide groups is 1. The van der Waals surface area contributed by atoms with Gasteiger partial charge in [0.15, 0.2) is 0 Å². The molecule has 3 amide bonds. The first kappa shape index (κ1) is 26.6. The molecule has 0 aliphatic carbocycles. The van der Waals surface area contributed by atoms with E-state index in [1.54, 1.807) is 30.3 Å². The zero-order chi connectivity index (χ0) is 26.3. The summed E-state index contributed by atoms with van der Waals surface area (Å²) in [4.78, 5) is 31.0. The Labute approximate surface area is 214 Å². The molecule has 3 atom stereocenters. The minimum Gasteiger partial charge on any atom is -0.406 e. The maximum atomic E-state index is 13.4. The topological polar surface area (TPSA) is 99.3 Å². The second-order valence-electron chi connectivity index (χ2n) is 8.49. The number of likely N-dealkylation sites (N-methyl/N-ethyl adjacent to an activating group) is 1. The van der Waals surface area contributed by atoms with Crippen molar-refractivity contribution in [2.24, 2.45) is 5.73 Å². The molecule has 36 heavy (non-hydrogen) atoms. The monoisotopic (exact) mass is 544 g/mol. The summed E-state index contributed by atoms with van der Waals surface area (Å²) in [5.41, 5.74) is 6.14. The Morgan fingerprint density at radius 3 is 2.53 bits per heavy atom. The van der Waals surface area contributed by atoms with E-state index in [0.29, 0.717) is 9.92 Å². The average Bonchev–Trinajstić information content (AvgIpc) is 2.81. The molecule has 2 aliphatic heterocycles. The van der Waals surface area contributed by atoms with Crippen LogP contribution in [0.5, 0.6) is 5.75 Å². The van der Waals surface area contributed by atoms with Crippen LogP contribution in [0.2, 0.25) is 5.02 Å². The van der Waals surface area contributed by atoms with Crippen LogP contribution in [0.25, 0.3) is 0 Å². The SMILES string of the molecule is CN1C(=O)N(CCCO)C(=O)C2N(Cc3ccc(Cl)cc3)[C@H](Sc3cccc(OC(F)(F)F)c3)C21N. The van der Waals surface area contributed by atoms with Crippen molar-refractivity contribution in [3.8, 4) is 5.75 Å². The largest absolute Gasteiger partial charge is 0.573 e. The minimum absolute atomic E-state index is 0.0362.